The van der Waals surface area contributed by atoms with Gasteiger partial charge in [0.25, 0.3) is 10.0 Å². The Bertz CT molecular complexity index is 615. The van der Waals surface area contributed by atoms with Crippen LogP contribution in [-0.2, 0) is 19.6 Å². The first-order chi connectivity index (χ1) is 9.94. The zero-order valence-corrected chi connectivity index (χ0v) is 13.0. The van der Waals surface area contributed by atoms with Crippen LogP contribution in [0.25, 0.3) is 0 Å². The van der Waals surface area contributed by atoms with Crippen molar-refractivity contribution in [2.75, 3.05) is 7.11 Å². The molecular weight excluding hydrogens is 292 g/mol. The average Bonchev–Trinajstić information content (AvgIpc) is 2.47. The third kappa shape index (κ3) is 3.79. The summed E-state index contributed by atoms with van der Waals surface area (Å²) in [6.07, 6.45) is 5.82. The highest BCUT2D eigenvalue weighted by atomic mass is 32.2. The summed E-state index contributed by atoms with van der Waals surface area (Å²) in [5.74, 6) is -0.782. The number of methoxy groups -OCH3 is 1. The molecule has 1 aliphatic carbocycles. The van der Waals surface area contributed by atoms with Gasteiger partial charge in [-0.2, -0.15) is 0 Å². The van der Waals surface area contributed by atoms with E-state index < -0.39 is 15.9 Å². The van der Waals surface area contributed by atoms with Crippen molar-refractivity contribution in [3.63, 3.8) is 0 Å². The van der Waals surface area contributed by atoms with Gasteiger partial charge in [0.05, 0.1) is 6.10 Å². The number of amides is 1. The van der Waals surface area contributed by atoms with Crippen LogP contribution in [0.3, 0.4) is 0 Å². The number of carbonyl (C=O) groups is 1. The van der Waals surface area contributed by atoms with Gasteiger partial charge in [-0.25, -0.2) is 13.1 Å². The average molecular weight is 312 g/mol. The molecule has 0 aliphatic heterocycles. The molecule has 116 valence electrons. The van der Waals surface area contributed by atoms with E-state index in [2.05, 4.69) is 9.71 Å². The SMILES string of the molecule is COC1CCCC(C(=O)NS(=O)(=O)c2cnccc2C)C1. The number of pyridine rings is 1. The van der Waals surface area contributed by atoms with E-state index in [0.29, 0.717) is 18.4 Å². The fourth-order valence-corrected chi connectivity index (χ4v) is 3.83. The lowest BCUT2D eigenvalue weighted by molar-refractivity contribution is -0.125. The molecule has 0 radical (unpaired) electrons. The molecule has 1 aromatic rings. The largest absolute Gasteiger partial charge is 0.381 e. The summed E-state index contributed by atoms with van der Waals surface area (Å²) in [6, 6.07) is 1.60. The Kier molecular flexibility index (Phi) is 4.95. The van der Waals surface area contributed by atoms with Gasteiger partial charge >= 0.3 is 0 Å². The number of hydrogen-bond donors (Lipinski definition) is 1. The maximum Gasteiger partial charge on any atom is 0.265 e. The molecule has 1 saturated carbocycles. The number of rotatable bonds is 4. The third-order valence-corrected chi connectivity index (χ3v) is 5.32. The van der Waals surface area contributed by atoms with Gasteiger partial charge in [0, 0.05) is 25.4 Å². The number of sulfonamides is 1. The Balaban J connectivity index is 2.10. The molecule has 0 saturated heterocycles. The lowest BCUT2D eigenvalue weighted by atomic mass is 9.87. The molecule has 2 rings (SSSR count). The quantitative estimate of drug-likeness (QED) is 0.908. The molecule has 1 N–H and O–H groups in total. The molecular formula is C14H20N2O4S. The minimum atomic E-state index is -3.87. The van der Waals surface area contributed by atoms with Crippen molar-refractivity contribution in [3.8, 4) is 0 Å². The number of nitrogens with zero attached hydrogens (tertiary/aromatic N) is 1. The Labute approximate surface area is 125 Å². The maximum absolute atomic E-state index is 12.3. The summed E-state index contributed by atoms with van der Waals surface area (Å²) in [7, 11) is -2.25. The zero-order chi connectivity index (χ0) is 15.5. The summed E-state index contributed by atoms with van der Waals surface area (Å²) in [4.78, 5) is 16.0. The van der Waals surface area contributed by atoms with Gasteiger partial charge in [-0.1, -0.05) is 6.42 Å². The highest BCUT2D eigenvalue weighted by Gasteiger charge is 2.30. The van der Waals surface area contributed by atoms with Crippen molar-refractivity contribution in [2.24, 2.45) is 5.92 Å². The van der Waals surface area contributed by atoms with Crippen LogP contribution >= 0.6 is 0 Å². The molecule has 1 amide bonds. The number of hydrogen-bond acceptors (Lipinski definition) is 5. The highest BCUT2D eigenvalue weighted by Crippen LogP contribution is 2.26. The van der Waals surface area contributed by atoms with Gasteiger partial charge in [-0.15, -0.1) is 0 Å². The summed E-state index contributed by atoms with van der Waals surface area (Å²) in [5, 5.41) is 0. The molecule has 7 heteroatoms. The highest BCUT2D eigenvalue weighted by molar-refractivity contribution is 7.90. The molecule has 1 fully saturated rings. The number of carbonyl (C=O) groups excluding carboxylic acids is 1. The molecule has 2 unspecified atom stereocenters. The number of ether oxygens (including phenoxy) is 1. The predicted octanol–water partition coefficient (Wildman–Crippen LogP) is 1.40. The Morgan fingerprint density at radius 1 is 1.43 bits per heavy atom. The van der Waals surface area contributed by atoms with E-state index in [4.69, 9.17) is 4.74 Å². The second-order valence-electron chi connectivity index (χ2n) is 5.33. The molecule has 2 atom stereocenters. The second kappa shape index (κ2) is 6.53. The molecule has 1 heterocycles. The van der Waals surface area contributed by atoms with Crippen molar-refractivity contribution in [2.45, 2.75) is 43.6 Å². The van der Waals surface area contributed by atoms with Gasteiger partial charge in [-0.05, 0) is 37.8 Å². The Morgan fingerprint density at radius 2 is 2.19 bits per heavy atom. The molecule has 0 aromatic carbocycles. The van der Waals surface area contributed by atoms with Crippen molar-refractivity contribution in [3.05, 3.63) is 24.0 Å². The second-order valence-corrected chi connectivity index (χ2v) is 6.98. The first-order valence-electron chi connectivity index (χ1n) is 6.94. The molecule has 0 spiro atoms. The summed E-state index contributed by atoms with van der Waals surface area (Å²) in [5.41, 5.74) is 0.559. The fraction of sp³-hybridized carbons (Fsp3) is 0.571. The van der Waals surface area contributed by atoms with Crippen LogP contribution in [0.5, 0.6) is 0 Å². The van der Waals surface area contributed by atoms with E-state index >= 15 is 0 Å². The predicted molar refractivity (Wildman–Crippen MR) is 77.1 cm³/mol. The van der Waals surface area contributed by atoms with Gasteiger partial charge in [-0.3, -0.25) is 9.78 Å². The minimum absolute atomic E-state index is 0.0253. The van der Waals surface area contributed by atoms with Crippen LogP contribution < -0.4 is 4.72 Å². The zero-order valence-electron chi connectivity index (χ0n) is 12.2. The monoisotopic (exact) mass is 312 g/mol. The molecule has 1 aliphatic rings. The third-order valence-electron chi connectivity index (χ3n) is 3.85. The normalized spacial score (nSPS) is 22.8. The van der Waals surface area contributed by atoms with E-state index in [1.165, 1.54) is 12.4 Å². The van der Waals surface area contributed by atoms with Crippen molar-refractivity contribution in [1.29, 1.82) is 0 Å². The van der Waals surface area contributed by atoms with E-state index in [1.807, 2.05) is 0 Å². The van der Waals surface area contributed by atoms with E-state index in [1.54, 1.807) is 20.1 Å². The van der Waals surface area contributed by atoms with Crippen LogP contribution in [0.15, 0.2) is 23.4 Å². The lowest BCUT2D eigenvalue weighted by Gasteiger charge is -2.27. The van der Waals surface area contributed by atoms with Crippen molar-refractivity contribution >= 4 is 15.9 Å². The molecule has 1 aromatic heterocycles. The van der Waals surface area contributed by atoms with E-state index in [9.17, 15) is 13.2 Å². The van der Waals surface area contributed by atoms with Crippen LogP contribution in [-0.4, -0.2) is 32.5 Å². The van der Waals surface area contributed by atoms with Crippen LogP contribution in [0.2, 0.25) is 0 Å². The lowest BCUT2D eigenvalue weighted by Crippen LogP contribution is -2.39. The van der Waals surface area contributed by atoms with Crippen LogP contribution in [0.1, 0.15) is 31.2 Å². The Hall–Kier alpha value is -1.47. The van der Waals surface area contributed by atoms with Gasteiger partial charge < -0.3 is 4.74 Å². The molecule has 6 nitrogen and oxygen atoms in total. The van der Waals surface area contributed by atoms with Gasteiger partial charge in [0.2, 0.25) is 5.91 Å². The summed E-state index contributed by atoms with van der Waals surface area (Å²) < 4.78 is 31.9. The molecule has 0 bridgehead atoms. The first-order valence-corrected chi connectivity index (χ1v) is 8.42. The van der Waals surface area contributed by atoms with E-state index in [-0.39, 0.29) is 16.9 Å². The summed E-state index contributed by atoms with van der Waals surface area (Å²) in [6.45, 7) is 1.67. The standard InChI is InChI=1S/C14H20N2O4S/c1-10-6-7-15-9-13(10)21(18,19)16-14(17)11-4-3-5-12(8-11)20-2/h6-7,9,11-12H,3-5,8H2,1-2H3,(H,16,17). The first kappa shape index (κ1) is 15.9. The van der Waals surface area contributed by atoms with Crippen LogP contribution in [0.4, 0.5) is 0 Å². The smallest absolute Gasteiger partial charge is 0.265 e. The minimum Gasteiger partial charge on any atom is -0.381 e. The maximum atomic E-state index is 12.3. The van der Waals surface area contributed by atoms with E-state index in [0.717, 1.165) is 12.8 Å². The summed E-state index contributed by atoms with van der Waals surface area (Å²) >= 11 is 0. The van der Waals surface area contributed by atoms with Gasteiger partial charge in [0.1, 0.15) is 4.90 Å². The van der Waals surface area contributed by atoms with Crippen molar-refractivity contribution < 1.29 is 17.9 Å². The number of nitrogens with one attached hydrogen (secondary N) is 1. The van der Waals surface area contributed by atoms with Crippen LogP contribution in [0, 0.1) is 12.8 Å². The Morgan fingerprint density at radius 3 is 2.86 bits per heavy atom. The topological polar surface area (TPSA) is 85.4 Å². The number of aryl methyl sites for hydroxylation is 1. The molecule has 21 heavy (non-hydrogen) atoms. The fourth-order valence-electron chi connectivity index (χ4n) is 2.60. The van der Waals surface area contributed by atoms with Crippen molar-refractivity contribution in [1.82, 2.24) is 9.71 Å². The van der Waals surface area contributed by atoms with Gasteiger partial charge in [0.15, 0.2) is 0 Å². The number of aromatic nitrogens is 1.